The molecule has 1 fully saturated rings. The van der Waals surface area contributed by atoms with E-state index in [2.05, 4.69) is 37.9 Å². The molecule has 0 amide bonds. The zero-order chi connectivity index (χ0) is 13.6. The molecule has 1 aliphatic rings. The Morgan fingerprint density at radius 1 is 1.22 bits per heavy atom. The van der Waals surface area contributed by atoms with Gasteiger partial charge in [0.15, 0.2) is 0 Å². The van der Waals surface area contributed by atoms with Gasteiger partial charge in [0.2, 0.25) is 0 Å². The molecule has 3 heteroatoms. The molecule has 1 rings (SSSR count). The minimum absolute atomic E-state index is 0.0148. The van der Waals surface area contributed by atoms with Gasteiger partial charge in [-0.25, -0.2) is 0 Å². The van der Waals surface area contributed by atoms with Crippen LogP contribution in [0.15, 0.2) is 0 Å². The average Bonchev–Trinajstić information content (AvgIpc) is 2.39. The van der Waals surface area contributed by atoms with E-state index in [-0.39, 0.29) is 12.1 Å². The van der Waals surface area contributed by atoms with Gasteiger partial charge in [0.25, 0.3) is 0 Å². The van der Waals surface area contributed by atoms with E-state index in [1.165, 1.54) is 6.42 Å². The lowest BCUT2D eigenvalue weighted by atomic mass is 9.71. The molecule has 0 saturated heterocycles. The van der Waals surface area contributed by atoms with Gasteiger partial charge in [-0.05, 0) is 44.2 Å². The normalized spacial score (nSPS) is 33.0. The fourth-order valence-corrected chi connectivity index (χ4v) is 3.09. The van der Waals surface area contributed by atoms with Crippen molar-refractivity contribution < 1.29 is 5.11 Å². The van der Waals surface area contributed by atoms with E-state index in [0.29, 0.717) is 5.92 Å². The zero-order valence-electron chi connectivity index (χ0n) is 12.7. The van der Waals surface area contributed by atoms with Crippen LogP contribution in [-0.4, -0.2) is 48.3 Å². The number of nitrogens with one attached hydrogen (secondary N) is 1. The Morgan fingerprint density at radius 2 is 1.89 bits per heavy atom. The zero-order valence-corrected chi connectivity index (χ0v) is 12.7. The maximum atomic E-state index is 9.75. The first-order chi connectivity index (χ1) is 8.56. The quantitative estimate of drug-likeness (QED) is 0.732. The molecule has 3 nitrogen and oxygen atoms in total. The van der Waals surface area contributed by atoms with Gasteiger partial charge in [0, 0.05) is 18.6 Å². The summed E-state index contributed by atoms with van der Waals surface area (Å²) in [4.78, 5) is 2.42. The van der Waals surface area contributed by atoms with Crippen molar-refractivity contribution in [2.24, 2.45) is 11.8 Å². The first kappa shape index (κ1) is 15.9. The number of nitrogens with zero attached hydrogens (tertiary/aromatic N) is 1. The van der Waals surface area contributed by atoms with E-state index in [4.69, 9.17) is 0 Å². The number of likely N-dealkylation sites (N-methyl/N-ethyl adjacent to an activating group) is 1. The van der Waals surface area contributed by atoms with Gasteiger partial charge in [0.1, 0.15) is 0 Å². The van der Waals surface area contributed by atoms with E-state index >= 15 is 0 Å². The Hall–Kier alpha value is -0.120. The lowest BCUT2D eigenvalue weighted by molar-refractivity contribution is 0.0742. The molecule has 0 bridgehead atoms. The molecule has 18 heavy (non-hydrogen) atoms. The molecular weight excluding hydrogens is 224 g/mol. The van der Waals surface area contributed by atoms with Crippen molar-refractivity contribution in [1.82, 2.24) is 10.2 Å². The second kappa shape index (κ2) is 7.46. The van der Waals surface area contributed by atoms with Gasteiger partial charge in [-0.15, -0.1) is 0 Å². The second-order valence-electron chi connectivity index (χ2n) is 6.09. The number of hydrogen-bond donors (Lipinski definition) is 2. The highest BCUT2D eigenvalue weighted by atomic mass is 16.3. The van der Waals surface area contributed by atoms with Crippen LogP contribution in [0.25, 0.3) is 0 Å². The monoisotopic (exact) mass is 256 g/mol. The average molecular weight is 256 g/mol. The molecule has 1 saturated carbocycles. The third-order valence-electron chi connectivity index (χ3n) is 4.89. The number of aliphatic hydroxyl groups is 1. The summed E-state index contributed by atoms with van der Waals surface area (Å²) < 4.78 is 0. The van der Waals surface area contributed by atoms with Crippen molar-refractivity contribution in [1.29, 1.82) is 0 Å². The fourth-order valence-electron chi connectivity index (χ4n) is 3.09. The van der Waals surface area contributed by atoms with E-state index < -0.39 is 0 Å². The summed E-state index contributed by atoms with van der Waals surface area (Å²) in [6, 6.07) is 0. The summed E-state index contributed by atoms with van der Waals surface area (Å²) in [5, 5.41) is 13.4. The molecule has 1 aliphatic carbocycles. The summed E-state index contributed by atoms with van der Waals surface area (Å²) in [6.07, 6.45) is 3.47. The maximum absolute atomic E-state index is 9.75. The van der Waals surface area contributed by atoms with Crippen LogP contribution in [0.4, 0.5) is 0 Å². The highest BCUT2D eigenvalue weighted by molar-refractivity contribution is 4.94. The molecule has 3 unspecified atom stereocenters. The van der Waals surface area contributed by atoms with Gasteiger partial charge in [-0.3, -0.25) is 0 Å². The highest BCUT2D eigenvalue weighted by Crippen LogP contribution is 2.35. The van der Waals surface area contributed by atoms with Crippen molar-refractivity contribution >= 4 is 0 Å². The molecule has 108 valence electrons. The van der Waals surface area contributed by atoms with E-state index in [9.17, 15) is 5.11 Å². The third-order valence-corrected chi connectivity index (χ3v) is 4.89. The van der Waals surface area contributed by atoms with Gasteiger partial charge < -0.3 is 15.3 Å². The van der Waals surface area contributed by atoms with Gasteiger partial charge in [-0.2, -0.15) is 0 Å². The van der Waals surface area contributed by atoms with Crippen molar-refractivity contribution in [3.05, 3.63) is 0 Å². The van der Waals surface area contributed by atoms with Crippen LogP contribution in [0.3, 0.4) is 0 Å². The van der Waals surface area contributed by atoms with Gasteiger partial charge in [0.05, 0.1) is 6.61 Å². The molecule has 0 heterocycles. The molecule has 0 spiro atoms. The molecule has 0 aliphatic heterocycles. The Kier molecular flexibility index (Phi) is 6.61. The van der Waals surface area contributed by atoms with Crippen molar-refractivity contribution in [3.63, 3.8) is 0 Å². The van der Waals surface area contributed by atoms with Crippen LogP contribution in [-0.2, 0) is 0 Å². The standard InChI is InChI=1S/C15H32N2O/c1-5-17(6-2)10-9-16-15(12-18)8-7-13(3)14(4)11-15/h13-14,16,18H,5-12H2,1-4H3. The van der Waals surface area contributed by atoms with Crippen LogP contribution in [0.1, 0.15) is 47.0 Å². The summed E-state index contributed by atoms with van der Waals surface area (Å²) in [7, 11) is 0. The lowest BCUT2D eigenvalue weighted by Gasteiger charge is -2.43. The molecule has 0 aromatic heterocycles. The predicted molar refractivity (Wildman–Crippen MR) is 77.8 cm³/mol. The van der Waals surface area contributed by atoms with Crippen molar-refractivity contribution in [2.45, 2.75) is 52.5 Å². The topological polar surface area (TPSA) is 35.5 Å². The minimum atomic E-state index is -0.0148. The molecule has 0 radical (unpaired) electrons. The minimum Gasteiger partial charge on any atom is -0.394 e. The van der Waals surface area contributed by atoms with Gasteiger partial charge in [-0.1, -0.05) is 27.7 Å². The molecule has 0 aromatic carbocycles. The summed E-state index contributed by atoms with van der Waals surface area (Å²) in [6.45, 7) is 13.6. The molecule has 3 atom stereocenters. The Labute approximate surface area is 113 Å². The first-order valence-electron chi connectivity index (χ1n) is 7.65. The third kappa shape index (κ3) is 4.22. The first-order valence-corrected chi connectivity index (χ1v) is 7.65. The predicted octanol–water partition coefficient (Wildman–Crippen LogP) is 2.10. The van der Waals surface area contributed by atoms with E-state index in [1.54, 1.807) is 0 Å². The Balaban J connectivity index is 2.41. The largest absolute Gasteiger partial charge is 0.394 e. The maximum Gasteiger partial charge on any atom is 0.0613 e. The number of rotatable bonds is 7. The van der Waals surface area contributed by atoms with Crippen molar-refractivity contribution in [2.75, 3.05) is 32.8 Å². The van der Waals surface area contributed by atoms with Gasteiger partial charge >= 0.3 is 0 Å². The SMILES string of the molecule is CCN(CC)CCNC1(CO)CCC(C)C(C)C1. The fraction of sp³-hybridized carbons (Fsp3) is 1.00. The van der Waals surface area contributed by atoms with E-state index in [1.807, 2.05) is 0 Å². The molecular formula is C15H32N2O. The Morgan fingerprint density at radius 3 is 2.39 bits per heavy atom. The summed E-state index contributed by atoms with van der Waals surface area (Å²) in [5.74, 6) is 1.51. The Bertz CT molecular complexity index is 231. The van der Waals surface area contributed by atoms with Crippen LogP contribution in [0.5, 0.6) is 0 Å². The van der Waals surface area contributed by atoms with E-state index in [0.717, 1.165) is 44.9 Å². The summed E-state index contributed by atoms with van der Waals surface area (Å²) in [5.41, 5.74) is -0.0148. The molecule has 0 aromatic rings. The lowest BCUT2D eigenvalue weighted by Crippen LogP contribution is -2.54. The van der Waals surface area contributed by atoms with Crippen LogP contribution >= 0.6 is 0 Å². The van der Waals surface area contributed by atoms with Crippen LogP contribution in [0.2, 0.25) is 0 Å². The summed E-state index contributed by atoms with van der Waals surface area (Å²) >= 11 is 0. The highest BCUT2D eigenvalue weighted by Gasteiger charge is 2.36. The smallest absolute Gasteiger partial charge is 0.0613 e. The van der Waals surface area contributed by atoms with Crippen LogP contribution < -0.4 is 5.32 Å². The number of aliphatic hydroxyl groups excluding tert-OH is 1. The number of hydrogen-bond acceptors (Lipinski definition) is 3. The van der Waals surface area contributed by atoms with Crippen molar-refractivity contribution in [3.8, 4) is 0 Å². The second-order valence-corrected chi connectivity index (χ2v) is 6.09. The molecule has 2 N–H and O–H groups in total. The van der Waals surface area contributed by atoms with Crippen LogP contribution in [0, 0.1) is 11.8 Å².